The van der Waals surface area contributed by atoms with Gasteiger partial charge in [-0.05, 0) is 33.1 Å². The molecule has 2 heteroatoms. The molecule has 6 rings (SSSR count). The van der Waals surface area contributed by atoms with Crippen LogP contribution in [0.5, 0.6) is 0 Å². The number of benzene rings is 2. The number of hydrogen-bond acceptors (Lipinski definition) is 0. The molecule has 0 saturated carbocycles. The summed E-state index contributed by atoms with van der Waals surface area (Å²) in [5, 5.41) is 5.68. The maximum atomic E-state index is 2.35. The maximum Gasteiger partial charge on any atom is 0 e. The molecule has 0 aromatic heterocycles. The Morgan fingerprint density at radius 1 is 0.474 bits per heavy atom. The summed E-state index contributed by atoms with van der Waals surface area (Å²) in [7, 11) is 0. The van der Waals surface area contributed by atoms with Gasteiger partial charge in [0.15, 0.2) is 0 Å². The molecule has 338 valence electrons. The Balaban J connectivity index is -0.0000000354. The van der Waals surface area contributed by atoms with Crippen molar-refractivity contribution >= 4 is 21.5 Å². The van der Waals surface area contributed by atoms with Gasteiger partial charge in [-0.1, -0.05) is 75.6 Å². The summed E-state index contributed by atoms with van der Waals surface area (Å²) < 4.78 is 0. The van der Waals surface area contributed by atoms with E-state index in [1.54, 1.807) is 0 Å². The van der Waals surface area contributed by atoms with Crippen LogP contribution in [0.1, 0.15) is 80.3 Å². The predicted molar refractivity (Wildman–Crippen MR) is 274 cm³/mol. The topological polar surface area (TPSA) is 0 Å². The molecule has 0 aliphatic carbocycles. The van der Waals surface area contributed by atoms with Gasteiger partial charge in [0, 0.05) is 51.7 Å². The van der Waals surface area contributed by atoms with E-state index in [1.807, 2.05) is 60.7 Å². The van der Waals surface area contributed by atoms with Crippen LogP contribution in [0.2, 0.25) is 0 Å². The van der Waals surface area contributed by atoms with Gasteiger partial charge in [0.25, 0.3) is 0 Å². The molecule has 0 nitrogen and oxygen atoms in total. The molecule has 6 aromatic carbocycles. The Hall–Kier alpha value is -1.90. The third-order valence-corrected chi connectivity index (χ3v) is 7.83. The van der Waals surface area contributed by atoms with Crippen molar-refractivity contribution in [1.29, 1.82) is 0 Å². The van der Waals surface area contributed by atoms with Gasteiger partial charge in [-0.2, -0.15) is 48.5 Å². The van der Waals surface area contributed by atoms with E-state index < -0.39 is 0 Å². The summed E-state index contributed by atoms with van der Waals surface area (Å²) in [6.45, 7) is 17.9. The fourth-order valence-electron chi connectivity index (χ4n) is 5.09. The summed E-state index contributed by atoms with van der Waals surface area (Å²) in [6.07, 6.45) is 5.21. The smallest absolute Gasteiger partial charge is 0 e. The van der Waals surface area contributed by atoms with E-state index in [-0.39, 0.29) is 161 Å². The molecular weight excluding hydrogens is 1020 g/mol. The van der Waals surface area contributed by atoms with Gasteiger partial charge in [-0.25, -0.2) is 24.3 Å². The van der Waals surface area contributed by atoms with Crippen LogP contribution in [0.15, 0.2) is 109 Å². The SMILES string of the molecule is CCCCC[c-]1ccc2cc(C)c(C)cc21.Cc1cc2cc[c-](C(C)(C)C)c2cc1C.[CH3-].[CH3-].[CH3-].[CH3-].[CH3-].[CH3-].[CH3-].[CH3-].[CH3-].[CH3-].[CH3-].[CH3-].[CH3-].[CH3-].[Hf].[Hf].c1cc[cH-]c1.c1cc[cH-]c1. The van der Waals surface area contributed by atoms with Crippen LogP contribution in [-0.4, -0.2) is 0 Å². The predicted octanol–water partition coefficient (Wildman–Crippen LogP) is 18.5. The second-order valence-corrected chi connectivity index (χ2v) is 12.3. The first-order chi connectivity index (χ1) is 19.6. The van der Waals surface area contributed by atoms with Crippen molar-refractivity contribution in [2.24, 2.45) is 0 Å². The molecule has 0 saturated heterocycles. The van der Waals surface area contributed by atoms with E-state index in [0.717, 1.165) is 0 Å². The molecule has 57 heavy (non-hydrogen) atoms. The van der Waals surface area contributed by atoms with Crippen LogP contribution in [-0.2, 0) is 63.5 Å². The Morgan fingerprint density at radius 3 is 1.14 bits per heavy atom. The van der Waals surface area contributed by atoms with Gasteiger partial charge in [0.1, 0.15) is 0 Å². The molecule has 0 aliphatic rings. The number of fused-ring (bicyclic) bond motifs is 2. The average Bonchev–Trinajstić information content (AvgIpc) is 3.74. The van der Waals surface area contributed by atoms with Gasteiger partial charge < -0.3 is 104 Å². The molecule has 0 heterocycles. The zero-order chi connectivity index (χ0) is 29.8. The quantitative estimate of drug-likeness (QED) is 0.0938. The van der Waals surface area contributed by atoms with Crippen LogP contribution < -0.4 is 0 Å². The Kier molecular flexibility index (Phi) is 81.2. The summed E-state index contributed by atoms with van der Waals surface area (Å²) in [4.78, 5) is 0. The first kappa shape index (κ1) is 95.5. The molecule has 0 fully saturated rings. The first-order valence-electron chi connectivity index (χ1n) is 15.3. The number of unbranched alkanes of at least 4 members (excludes halogenated alkanes) is 2. The van der Waals surface area contributed by atoms with Crippen molar-refractivity contribution in [3.05, 3.63) is 247 Å². The summed E-state index contributed by atoms with van der Waals surface area (Å²) in [5.74, 6) is 0. The number of hydrogen-bond donors (Lipinski definition) is 0. The maximum absolute atomic E-state index is 2.35. The molecule has 0 atom stereocenters. The van der Waals surface area contributed by atoms with Gasteiger partial charge in [0.05, 0.1) is 0 Å². The second-order valence-electron chi connectivity index (χ2n) is 12.3. The summed E-state index contributed by atoms with van der Waals surface area (Å²) in [6, 6.07) is 38.4. The second kappa shape index (κ2) is 48.5. The van der Waals surface area contributed by atoms with E-state index in [1.165, 1.54) is 80.6 Å². The molecule has 0 spiro atoms. The fourth-order valence-corrected chi connectivity index (χ4v) is 5.09. The van der Waals surface area contributed by atoms with E-state index >= 15 is 0 Å². The Bertz CT molecular complexity index is 1490. The van der Waals surface area contributed by atoms with Crippen molar-refractivity contribution in [3.63, 3.8) is 0 Å². The van der Waals surface area contributed by atoms with Crippen LogP contribution in [0.4, 0.5) is 0 Å². The zero-order valence-electron chi connectivity index (χ0n) is 41.7. The van der Waals surface area contributed by atoms with Gasteiger partial charge in [-0.15, -0.1) is 69.1 Å². The summed E-state index contributed by atoms with van der Waals surface area (Å²) >= 11 is 0. The van der Waals surface area contributed by atoms with Crippen LogP contribution >= 0.6 is 0 Å². The zero-order valence-corrected chi connectivity index (χ0v) is 48.9. The molecule has 0 amide bonds. The third kappa shape index (κ3) is 30.8. The van der Waals surface area contributed by atoms with Crippen LogP contribution in [0, 0.1) is 132 Å². The monoisotopic (exact) mass is 1110 g/mol. The average molecular weight is 1110 g/mol. The van der Waals surface area contributed by atoms with Crippen molar-refractivity contribution in [2.45, 2.75) is 86.5 Å². The fraction of sp³-hybridized carbons (Fsp3) is 0.236. The van der Waals surface area contributed by atoms with Crippen LogP contribution in [0.25, 0.3) is 21.5 Å². The standard InChI is InChI=1S/C16H21.C15H19.2C5H5.14CH3.2Hf/c1-4-5-6-7-14-8-9-15-10-12(2)13(3)11-16(14)15;1-10-8-12-6-7-14(15(3,4)5)13(12)9-11(10)2;2*1-2-4-5-3-1;;;;;;;;;;;;;;;;/h8-11H,4-7H2,1-3H3;6-9H,1-5H3;2*1-5H;14*1H3;;/q18*-1;;. The molecule has 0 aliphatic heterocycles. The van der Waals surface area contributed by atoms with Crippen molar-refractivity contribution in [3.8, 4) is 0 Å². The molecule has 0 unspecified atom stereocenters. The van der Waals surface area contributed by atoms with E-state index in [0.29, 0.717) is 0 Å². The molecule has 0 N–H and O–H groups in total. The van der Waals surface area contributed by atoms with Gasteiger partial charge in [-0.3, -0.25) is 0 Å². The third-order valence-electron chi connectivity index (χ3n) is 7.83. The van der Waals surface area contributed by atoms with Crippen molar-refractivity contribution < 1.29 is 51.7 Å². The minimum absolute atomic E-state index is 0. The first-order valence-corrected chi connectivity index (χ1v) is 15.3. The molecule has 0 bridgehead atoms. The van der Waals surface area contributed by atoms with Gasteiger partial charge >= 0.3 is 0 Å². The molecular formula is C55H92Hf2-18. The molecule has 6 aromatic rings. The van der Waals surface area contributed by atoms with E-state index in [2.05, 4.69) is 104 Å². The minimum atomic E-state index is 0. The van der Waals surface area contributed by atoms with E-state index in [4.69, 9.17) is 0 Å². The van der Waals surface area contributed by atoms with Crippen molar-refractivity contribution in [1.82, 2.24) is 0 Å². The number of rotatable bonds is 4. The Morgan fingerprint density at radius 2 is 0.807 bits per heavy atom. The molecule has 0 radical (unpaired) electrons. The summed E-state index contributed by atoms with van der Waals surface area (Å²) in [5.41, 5.74) is 8.82. The van der Waals surface area contributed by atoms with E-state index in [9.17, 15) is 0 Å². The normalized spacial score (nSPS) is 7.79. The number of aryl methyl sites for hydroxylation is 5. The van der Waals surface area contributed by atoms with Crippen LogP contribution in [0.3, 0.4) is 0 Å². The Labute approximate surface area is 403 Å². The minimum Gasteiger partial charge on any atom is -0.358 e. The van der Waals surface area contributed by atoms with Crippen molar-refractivity contribution in [2.75, 3.05) is 0 Å². The largest absolute Gasteiger partial charge is 0.358 e. The van der Waals surface area contributed by atoms with Gasteiger partial charge in [0.2, 0.25) is 0 Å².